The number of ether oxygens (including phenoxy) is 1. The minimum atomic E-state index is -0.374. The van der Waals surface area contributed by atoms with Crippen molar-refractivity contribution in [2.75, 3.05) is 13.1 Å². The van der Waals surface area contributed by atoms with Gasteiger partial charge in [-0.3, -0.25) is 0 Å². The van der Waals surface area contributed by atoms with E-state index in [1.54, 1.807) is 6.20 Å². The van der Waals surface area contributed by atoms with Gasteiger partial charge in [0.2, 0.25) is 0 Å². The SMILES string of the molecule is Cc1cnc(OC2CCCNC2)c(F)c1. The third kappa shape index (κ3) is 2.65. The Hall–Kier alpha value is -1.16. The molecule has 0 saturated carbocycles. The Labute approximate surface area is 88.7 Å². The third-order valence-electron chi connectivity index (χ3n) is 2.47. The van der Waals surface area contributed by atoms with Gasteiger partial charge in [0.25, 0.3) is 5.88 Å². The van der Waals surface area contributed by atoms with Gasteiger partial charge in [0.1, 0.15) is 6.10 Å². The molecule has 4 heteroatoms. The molecule has 0 aliphatic carbocycles. The lowest BCUT2D eigenvalue weighted by molar-refractivity contribution is 0.153. The smallest absolute Gasteiger partial charge is 0.250 e. The fraction of sp³-hybridized carbons (Fsp3) is 0.545. The van der Waals surface area contributed by atoms with E-state index in [1.165, 1.54) is 6.07 Å². The minimum Gasteiger partial charge on any atom is -0.471 e. The van der Waals surface area contributed by atoms with Crippen molar-refractivity contribution in [3.63, 3.8) is 0 Å². The second kappa shape index (κ2) is 4.57. The van der Waals surface area contributed by atoms with Crippen LogP contribution < -0.4 is 10.1 Å². The number of halogens is 1. The van der Waals surface area contributed by atoms with E-state index in [0.29, 0.717) is 0 Å². The Morgan fingerprint density at radius 1 is 1.60 bits per heavy atom. The molecule has 1 atom stereocenters. The Kier molecular flexibility index (Phi) is 3.16. The molecule has 1 N–H and O–H groups in total. The number of rotatable bonds is 2. The number of hydrogen-bond donors (Lipinski definition) is 1. The molecule has 0 radical (unpaired) electrons. The van der Waals surface area contributed by atoms with Gasteiger partial charge >= 0.3 is 0 Å². The summed E-state index contributed by atoms with van der Waals surface area (Å²) < 4.78 is 18.9. The first-order chi connectivity index (χ1) is 7.25. The molecule has 0 amide bonds. The molecule has 1 unspecified atom stereocenters. The van der Waals surface area contributed by atoms with Crippen LogP contribution in [-0.4, -0.2) is 24.2 Å². The van der Waals surface area contributed by atoms with E-state index in [9.17, 15) is 4.39 Å². The summed E-state index contributed by atoms with van der Waals surface area (Å²) in [6.07, 6.45) is 3.69. The number of piperidine rings is 1. The van der Waals surface area contributed by atoms with Crippen LogP contribution in [0.1, 0.15) is 18.4 Å². The summed E-state index contributed by atoms with van der Waals surface area (Å²) >= 11 is 0. The van der Waals surface area contributed by atoms with E-state index in [-0.39, 0.29) is 17.8 Å². The third-order valence-corrected chi connectivity index (χ3v) is 2.47. The quantitative estimate of drug-likeness (QED) is 0.806. The molecular weight excluding hydrogens is 195 g/mol. The van der Waals surface area contributed by atoms with E-state index < -0.39 is 0 Å². The molecule has 0 spiro atoms. The van der Waals surface area contributed by atoms with Crippen LogP contribution in [0, 0.1) is 12.7 Å². The van der Waals surface area contributed by atoms with E-state index in [0.717, 1.165) is 31.5 Å². The summed E-state index contributed by atoms with van der Waals surface area (Å²) in [7, 11) is 0. The van der Waals surface area contributed by atoms with Gasteiger partial charge in [-0.05, 0) is 37.9 Å². The highest BCUT2D eigenvalue weighted by Crippen LogP contribution is 2.17. The van der Waals surface area contributed by atoms with E-state index >= 15 is 0 Å². The first-order valence-electron chi connectivity index (χ1n) is 5.25. The average Bonchev–Trinajstić information content (AvgIpc) is 2.24. The van der Waals surface area contributed by atoms with Crippen molar-refractivity contribution in [3.8, 4) is 5.88 Å². The molecule has 15 heavy (non-hydrogen) atoms. The number of hydrogen-bond acceptors (Lipinski definition) is 3. The van der Waals surface area contributed by atoms with E-state index in [4.69, 9.17) is 4.74 Å². The Morgan fingerprint density at radius 2 is 2.47 bits per heavy atom. The zero-order chi connectivity index (χ0) is 10.7. The molecule has 1 aliphatic rings. The van der Waals surface area contributed by atoms with Crippen LogP contribution in [0.5, 0.6) is 5.88 Å². The second-order valence-electron chi connectivity index (χ2n) is 3.89. The number of aryl methyl sites for hydroxylation is 1. The highest BCUT2D eigenvalue weighted by atomic mass is 19.1. The normalized spacial score (nSPS) is 21.3. The number of nitrogens with zero attached hydrogens (tertiary/aromatic N) is 1. The van der Waals surface area contributed by atoms with Crippen molar-refractivity contribution in [3.05, 3.63) is 23.6 Å². The van der Waals surface area contributed by atoms with Crippen LogP contribution >= 0.6 is 0 Å². The van der Waals surface area contributed by atoms with Crippen molar-refractivity contribution in [2.24, 2.45) is 0 Å². The zero-order valence-corrected chi connectivity index (χ0v) is 8.79. The Balaban J connectivity index is 2.03. The van der Waals surface area contributed by atoms with Gasteiger partial charge in [0.15, 0.2) is 5.82 Å². The number of nitrogens with one attached hydrogen (secondary N) is 1. The predicted molar refractivity (Wildman–Crippen MR) is 55.5 cm³/mol. The van der Waals surface area contributed by atoms with E-state index in [1.807, 2.05) is 6.92 Å². The topological polar surface area (TPSA) is 34.1 Å². The van der Waals surface area contributed by atoms with Gasteiger partial charge in [-0.15, -0.1) is 0 Å². The lowest BCUT2D eigenvalue weighted by atomic mass is 10.1. The van der Waals surface area contributed by atoms with Crippen LogP contribution in [0.25, 0.3) is 0 Å². The summed E-state index contributed by atoms with van der Waals surface area (Å²) in [5, 5.41) is 3.21. The summed E-state index contributed by atoms with van der Waals surface area (Å²) in [5.74, 6) is -0.255. The molecule has 0 aromatic carbocycles. The maximum atomic E-state index is 13.4. The van der Waals surface area contributed by atoms with Crippen molar-refractivity contribution in [1.29, 1.82) is 0 Å². The first-order valence-corrected chi connectivity index (χ1v) is 5.25. The van der Waals surface area contributed by atoms with Gasteiger partial charge < -0.3 is 10.1 Å². The standard InChI is InChI=1S/C11H15FN2O/c1-8-5-10(12)11(14-6-8)15-9-3-2-4-13-7-9/h5-6,9,13H,2-4,7H2,1H3. The molecule has 0 bridgehead atoms. The van der Waals surface area contributed by atoms with Crippen LogP contribution in [0.4, 0.5) is 4.39 Å². The van der Waals surface area contributed by atoms with Gasteiger partial charge in [-0.25, -0.2) is 9.37 Å². The summed E-state index contributed by atoms with van der Waals surface area (Å²) in [6.45, 7) is 3.60. The second-order valence-corrected chi connectivity index (χ2v) is 3.89. The maximum absolute atomic E-state index is 13.4. The molecular formula is C11H15FN2O. The fourth-order valence-electron chi connectivity index (χ4n) is 1.69. The maximum Gasteiger partial charge on any atom is 0.250 e. The number of pyridine rings is 1. The van der Waals surface area contributed by atoms with Crippen molar-refractivity contribution in [2.45, 2.75) is 25.9 Å². The minimum absolute atomic E-state index is 0.0449. The van der Waals surface area contributed by atoms with Crippen molar-refractivity contribution < 1.29 is 9.13 Å². The Bertz CT molecular complexity index is 337. The first kappa shape index (κ1) is 10.4. The summed E-state index contributed by atoms with van der Waals surface area (Å²) in [6, 6.07) is 1.44. The molecule has 1 fully saturated rings. The number of aromatic nitrogens is 1. The highest BCUT2D eigenvalue weighted by molar-refractivity contribution is 5.19. The molecule has 1 aromatic heterocycles. The predicted octanol–water partition coefficient (Wildman–Crippen LogP) is 1.66. The van der Waals surface area contributed by atoms with E-state index in [2.05, 4.69) is 10.3 Å². The van der Waals surface area contributed by atoms with Crippen molar-refractivity contribution >= 4 is 0 Å². The largest absolute Gasteiger partial charge is 0.471 e. The van der Waals surface area contributed by atoms with Crippen LogP contribution in [0.2, 0.25) is 0 Å². The Morgan fingerprint density at radius 3 is 3.13 bits per heavy atom. The zero-order valence-electron chi connectivity index (χ0n) is 8.79. The summed E-state index contributed by atoms with van der Waals surface area (Å²) in [5.41, 5.74) is 0.807. The highest BCUT2D eigenvalue weighted by Gasteiger charge is 2.16. The lowest BCUT2D eigenvalue weighted by Gasteiger charge is -2.23. The molecule has 1 saturated heterocycles. The molecule has 2 heterocycles. The molecule has 1 aromatic rings. The lowest BCUT2D eigenvalue weighted by Crippen LogP contribution is -2.37. The van der Waals surface area contributed by atoms with Gasteiger partial charge in [0, 0.05) is 12.7 Å². The molecule has 2 rings (SSSR count). The van der Waals surface area contributed by atoms with Crippen LogP contribution in [0.15, 0.2) is 12.3 Å². The van der Waals surface area contributed by atoms with Gasteiger partial charge in [-0.2, -0.15) is 0 Å². The molecule has 1 aliphatic heterocycles. The summed E-state index contributed by atoms with van der Waals surface area (Å²) in [4.78, 5) is 3.95. The van der Waals surface area contributed by atoms with Gasteiger partial charge in [-0.1, -0.05) is 0 Å². The van der Waals surface area contributed by atoms with Crippen LogP contribution in [0.3, 0.4) is 0 Å². The van der Waals surface area contributed by atoms with Crippen molar-refractivity contribution in [1.82, 2.24) is 10.3 Å². The fourth-order valence-corrected chi connectivity index (χ4v) is 1.69. The van der Waals surface area contributed by atoms with Crippen LogP contribution in [-0.2, 0) is 0 Å². The molecule has 3 nitrogen and oxygen atoms in total. The monoisotopic (exact) mass is 210 g/mol. The average molecular weight is 210 g/mol. The van der Waals surface area contributed by atoms with Gasteiger partial charge in [0.05, 0.1) is 0 Å². The molecule has 82 valence electrons.